The zero-order valence-corrected chi connectivity index (χ0v) is 13.1. The van der Waals surface area contributed by atoms with Gasteiger partial charge in [0.25, 0.3) is 5.91 Å². The average Bonchev–Trinajstić information content (AvgIpc) is 2.48. The van der Waals surface area contributed by atoms with Crippen LogP contribution in [-0.2, 0) is 0 Å². The summed E-state index contributed by atoms with van der Waals surface area (Å²) in [5.41, 5.74) is 0.694. The molecule has 1 fully saturated rings. The van der Waals surface area contributed by atoms with Crippen molar-refractivity contribution in [2.24, 2.45) is 0 Å². The molecule has 1 aromatic carbocycles. The van der Waals surface area contributed by atoms with Crippen LogP contribution in [0.15, 0.2) is 24.3 Å². The number of likely N-dealkylation sites (tertiary alicyclic amines) is 1. The summed E-state index contributed by atoms with van der Waals surface area (Å²) in [5, 5.41) is 13.3. The molecule has 1 aromatic rings. The first-order chi connectivity index (χ1) is 10.1. The summed E-state index contributed by atoms with van der Waals surface area (Å²) < 4.78 is 0. The lowest BCUT2D eigenvalue weighted by atomic mass is 10.0. The van der Waals surface area contributed by atoms with Gasteiger partial charge in [-0.25, -0.2) is 0 Å². The molecule has 1 atom stereocenters. The van der Waals surface area contributed by atoms with Crippen LogP contribution in [-0.4, -0.2) is 47.7 Å². The zero-order chi connectivity index (χ0) is 15.2. The maximum atomic E-state index is 12.4. The van der Waals surface area contributed by atoms with Gasteiger partial charge in [0.2, 0.25) is 0 Å². The second kappa shape index (κ2) is 7.78. The van der Waals surface area contributed by atoms with E-state index < -0.39 is 0 Å². The summed E-state index contributed by atoms with van der Waals surface area (Å²) in [4.78, 5) is 14.2. The number of rotatable bonds is 5. The Bertz CT molecular complexity index is 454. The third-order valence-electron chi connectivity index (χ3n) is 3.87. The number of aliphatic hydroxyl groups excluding tert-OH is 1. The summed E-state index contributed by atoms with van der Waals surface area (Å²) in [5.74, 6) is 0.0779. The van der Waals surface area contributed by atoms with Crippen molar-refractivity contribution in [1.82, 2.24) is 10.2 Å². The zero-order valence-electron chi connectivity index (χ0n) is 12.4. The van der Waals surface area contributed by atoms with Crippen LogP contribution in [0.1, 0.15) is 36.5 Å². The largest absolute Gasteiger partial charge is 0.393 e. The van der Waals surface area contributed by atoms with Gasteiger partial charge in [0.05, 0.1) is 6.10 Å². The molecule has 2 rings (SSSR count). The lowest BCUT2D eigenvalue weighted by Gasteiger charge is -2.32. The molecule has 1 unspecified atom stereocenters. The minimum atomic E-state index is -0.260. The van der Waals surface area contributed by atoms with Gasteiger partial charge in [-0.3, -0.25) is 4.79 Å². The van der Waals surface area contributed by atoms with Gasteiger partial charge in [-0.1, -0.05) is 11.6 Å². The molecule has 0 aromatic heterocycles. The lowest BCUT2D eigenvalue weighted by Crippen LogP contribution is -2.45. The predicted octanol–water partition coefficient (Wildman–Crippen LogP) is 2.31. The molecule has 21 heavy (non-hydrogen) atoms. The second-order valence-corrected chi connectivity index (χ2v) is 6.10. The number of carbonyl (C=O) groups excluding carboxylic acids is 1. The number of nitrogens with one attached hydrogen (secondary N) is 1. The molecule has 1 aliphatic heterocycles. The van der Waals surface area contributed by atoms with Crippen LogP contribution in [0.3, 0.4) is 0 Å². The highest BCUT2D eigenvalue weighted by atomic mass is 35.5. The summed E-state index contributed by atoms with van der Waals surface area (Å²) >= 11 is 5.84. The van der Waals surface area contributed by atoms with Crippen molar-refractivity contribution < 1.29 is 9.90 Å². The molecule has 5 heteroatoms. The molecule has 0 aliphatic carbocycles. The third-order valence-corrected chi connectivity index (χ3v) is 4.12. The molecule has 2 N–H and O–H groups in total. The fraction of sp³-hybridized carbons (Fsp3) is 0.562. The van der Waals surface area contributed by atoms with E-state index >= 15 is 0 Å². The van der Waals surface area contributed by atoms with Gasteiger partial charge in [0, 0.05) is 29.7 Å². The standard InChI is InChI=1S/C16H23ClN2O2/c1-12(20)6-9-18-15-7-10-19(11-8-15)16(21)13-2-4-14(17)5-3-13/h2-5,12,15,18,20H,6-11H2,1H3. The Morgan fingerprint density at radius 1 is 1.38 bits per heavy atom. The van der Waals surface area contributed by atoms with Crippen molar-refractivity contribution in [1.29, 1.82) is 0 Å². The van der Waals surface area contributed by atoms with Gasteiger partial charge < -0.3 is 15.3 Å². The summed E-state index contributed by atoms with van der Waals surface area (Å²) in [6.45, 7) is 4.17. The quantitative estimate of drug-likeness (QED) is 0.877. The number of piperidine rings is 1. The van der Waals surface area contributed by atoms with E-state index in [9.17, 15) is 9.90 Å². The van der Waals surface area contributed by atoms with Gasteiger partial charge in [-0.15, -0.1) is 0 Å². The molecular formula is C16H23ClN2O2. The van der Waals surface area contributed by atoms with E-state index in [-0.39, 0.29) is 12.0 Å². The van der Waals surface area contributed by atoms with Crippen LogP contribution < -0.4 is 5.32 Å². The molecule has 0 bridgehead atoms. The second-order valence-electron chi connectivity index (χ2n) is 5.67. The molecule has 1 saturated heterocycles. The minimum Gasteiger partial charge on any atom is -0.393 e. The molecule has 1 amide bonds. The van der Waals surface area contributed by atoms with Crippen molar-refractivity contribution in [2.75, 3.05) is 19.6 Å². The van der Waals surface area contributed by atoms with Gasteiger partial charge in [0.15, 0.2) is 0 Å². The van der Waals surface area contributed by atoms with Crippen molar-refractivity contribution >= 4 is 17.5 Å². The van der Waals surface area contributed by atoms with Crippen molar-refractivity contribution in [3.8, 4) is 0 Å². The first kappa shape index (κ1) is 16.3. The van der Waals surface area contributed by atoms with Crippen LogP contribution in [0, 0.1) is 0 Å². The third kappa shape index (κ3) is 4.99. The van der Waals surface area contributed by atoms with E-state index in [1.807, 2.05) is 4.90 Å². The number of carbonyl (C=O) groups is 1. The minimum absolute atomic E-state index is 0.0779. The fourth-order valence-electron chi connectivity index (χ4n) is 2.56. The predicted molar refractivity (Wildman–Crippen MR) is 84.7 cm³/mol. The fourth-order valence-corrected chi connectivity index (χ4v) is 2.68. The number of amides is 1. The van der Waals surface area contributed by atoms with Gasteiger partial charge >= 0.3 is 0 Å². The van der Waals surface area contributed by atoms with Crippen LogP contribution in [0.25, 0.3) is 0 Å². The number of halogens is 1. The molecular weight excluding hydrogens is 288 g/mol. The maximum absolute atomic E-state index is 12.4. The van der Waals surface area contributed by atoms with Crippen LogP contribution in [0.2, 0.25) is 5.02 Å². The van der Waals surface area contributed by atoms with Crippen LogP contribution in [0.4, 0.5) is 0 Å². The molecule has 4 nitrogen and oxygen atoms in total. The first-order valence-corrected chi connectivity index (χ1v) is 7.90. The van der Waals surface area contributed by atoms with Gasteiger partial charge in [0.1, 0.15) is 0 Å². The smallest absolute Gasteiger partial charge is 0.253 e. The van der Waals surface area contributed by atoms with Gasteiger partial charge in [-0.05, 0) is 57.0 Å². The molecule has 0 radical (unpaired) electrons. The highest BCUT2D eigenvalue weighted by molar-refractivity contribution is 6.30. The van der Waals surface area contributed by atoms with Crippen molar-refractivity contribution in [3.05, 3.63) is 34.9 Å². The summed E-state index contributed by atoms with van der Waals surface area (Å²) in [7, 11) is 0. The monoisotopic (exact) mass is 310 g/mol. The van der Waals surface area contributed by atoms with Crippen molar-refractivity contribution in [3.63, 3.8) is 0 Å². The van der Waals surface area contributed by atoms with E-state index in [1.54, 1.807) is 31.2 Å². The Labute approximate surface area is 131 Å². The highest BCUT2D eigenvalue weighted by Gasteiger charge is 2.23. The van der Waals surface area contributed by atoms with Gasteiger partial charge in [-0.2, -0.15) is 0 Å². The number of hydrogen-bond donors (Lipinski definition) is 2. The Morgan fingerprint density at radius 3 is 2.57 bits per heavy atom. The Hall–Kier alpha value is -1.10. The van der Waals surface area contributed by atoms with E-state index in [4.69, 9.17) is 11.6 Å². The van der Waals surface area contributed by atoms with E-state index in [1.165, 1.54) is 0 Å². The number of aliphatic hydroxyl groups is 1. The maximum Gasteiger partial charge on any atom is 0.253 e. The summed E-state index contributed by atoms with van der Waals surface area (Å²) in [6, 6.07) is 7.49. The van der Waals surface area contributed by atoms with E-state index in [2.05, 4.69) is 5.32 Å². The average molecular weight is 311 g/mol. The topological polar surface area (TPSA) is 52.6 Å². The highest BCUT2D eigenvalue weighted by Crippen LogP contribution is 2.16. The van der Waals surface area contributed by atoms with E-state index in [0.29, 0.717) is 16.6 Å². The first-order valence-electron chi connectivity index (χ1n) is 7.52. The molecule has 116 valence electrons. The molecule has 0 saturated carbocycles. The van der Waals surface area contributed by atoms with Crippen LogP contribution in [0.5, 0.6) is 0 Å². The number of benzene rings is 1. The lowest BCUT2D eigenvalue weighted by molar-refractivity contribution is 0.0704. The normalized spacial score (nSPS) is 17.8. The number of nitrogens with zero attached hydrogens (tertiary/aromatic N) is 1. The Kier molecular flexibility index (Phi) is 6.03. The SMILES string of the molecule is CC(O)CCNC1CCN(C(=O)c2ccc(Cl)cc2)CC1. The summed E-state index contributed by atoms with van der Waals surface area (Å²) in [6.07, 6.45) is 2.42. The molecule has 1 heterocycles. The van der Waals surface area contributed by atoms with E-state index in [0.717, 1.165) is 38.9 Å². The Morgan fingerprint density at radius 2 is 2.00 bits per heavy atom. The number of hydrogen-bond acceptors (Lipinski definition) is 3. The molecule has 1 aliphatic rings. The molecule has 0 spiro atoms. The Balaban J connectivity index is 1.78. The van der Waals surface area contributed by atoms with Crippen LogP contribution >= 0.6 is 11.6 Å². The van der Waals surface area contributed by atoms with Crippen molar-refractivity contribution in [2.45, 2.75) is 38.3 Å².